The lowest BCUT2D eigenvalue weighted by Crippen LogP contribution is -2.36. The van der Waals surface area contributed by atoms with Gasteiger partial charge in [0.25, 0.3) is 0 Å². The second kappa shape index (κ2) is 13.4. The lowest BCUT2D eigenvalue weighted by molar-refractivity contribution is -0.128. The summed E-state index contributed by atoms with van der Waals surface area (Å²) in [7, 11) is 3.36. The van der Waals surface area contributed by atoms with E-state index in [0.717, 1.165) is 11.5 Å². The van der Waals surface area contributed by atoms with Gasteiger partial charge >= 0.3 is 0 Å². The Bertz CT molecular complexity index is 585. The van der Waals surface area contributed by atoms with Gasteiger partial charge in [0, 0.05) is 70.3 Å². The molecule has 2 aliphatic heterocycles. The smallest absolute Gasteiger partial charge is 0.225 e. The molecule has 0 saturated carbocycles. The number of nitrogens with two attached hydrogens (primary N) is 2. The zero-order valence-electron chi connectivity index (χ0n) is 17.3. The molecule has 0 aromatic rings. The van der Waals surface area contributed by atoms with Gasteiger partial charge in [-0.25, -0.2) is 0 Å². The number of amides is 3. The Balaban J connectivity index is 1.56. The summed E-state index contributed by atoms with van der Waals surface area (Å²) >= 11 is 0. The maximum absolute atomic E-state index is 12.1. The average molecular weight is 463 g/mol. The third-order valence-electron chi connectivity index (χ3n) is 5.20. The number of nitrogens with one attached hydrogen (secondary N) is 2. The van der Waals surface area contributed by atoms with E-state index in [1.54, 1.807) is 26.5 Å². The lowest BCUT2D eigenvalue weighted by Gasteiger charge is -2.19. The van der Waals surface area contributed by atoms with Gasteiger partial charge in [-0.1, -0.05) is 21.6 Å². The van der Waals surface area contributed by atoms with Crippen LogP contribution >= 0.6 is 21.6 Å². The molecule has 0 bridgehead atoms. The summed E-state index contributed by atoms with van der Waals surface area (Å²) in [6.07, 6.45) is 0.126. The normalized spacial score (nSPS) is 24.4. The van der Waals surface area contributed by atoms with Gasteiger partial charge in [-0.15, -0.1) is 0 Å². The molecule has 3 atom stereocenters. The Morgan fingerprint density at radius 1 is 1.00 bits per heavy atom. The number of carbonyl (C=O) groups excluding carboxylic acids is 3. The highest BCUT2D eigenvalue weighted by Gasteiger charge is 2.35. The Hall–Kier alpha value is -1.05. The molecule has 12 heteroatoms. The van der Waals surface area contributed by atoms with Crippen molar-refractivity contribution in [2.45, 2.75) is 19.1 Å². The van der Waals surface area contributed by atoms with Gasteiger partial charge in [0.1, 0.15) is 6.23 Å². The molecule has 172 valence electrons. The topological polar surface area (TPSA) is 154 Å². The summed E-state index contributed by atoms with van der Waals surface area (Å²) in [5.74, 6) is 0.991. The van der Waals surface area contributed by atoms with Crippen LogP contribution in [0.5, 0.6) is 0 Å². The Labute approximate surface area is 185 Å². The third-order valence-corrected chi connectivity index (χ3v) is 7.57. The number of carbonyl (C=O) groups is 3. The average Bonchev–Trinajstić information content (AvgIpc) is 3.29. The van der Waals surface area contributed by atoms with E-state index >= 15 is 0 Å². The summed E-state index contributed by atoms with van der Waals surface area (Å²) in [5, 5.41) is 15.7. The molecule has 0 radical (unpaired) electrons. The molecule has 0 aromatic carbocycles. The number of nitrogens with zero attached hydrogens (tertiary/aromatic N) is 2. The Kier molecular flexibility index (Phi) is 11.2. The number of aliphatic hydroxyl groups is 1. The molecule has 3 amide bonds. The van der Waals surface area contributed by atoms with E-state index in [9.17, 15) is 19.5 Å². The van der Waals surface area contributed by atoms with Crippen molar-refractivity contribution < 1.29 is 19.5 Å². The van der Waals surface area contributed by atoms with Crippen LogP contribution in [-0.4, -0.2) is 103 Å². The van der Waals surface area contributed by atoms with Crippen LogP contribution in [0.4, 0.5) is 0 Å². The Morgan fingerprint density at radius 3 is 2.23 bits per heavy atom. The van der Waals surface area contributed by atoms with E-state index in [1.807, 2.05) is 4.90 Å². The van der Waals surface area contributed by atoms with Gasteiger partial charge in [-0.2, -0.15) is 0 Å². The summed E-state index contributed by atoms with van der Waals surface area (Å²) in [4.78, 5) is 39.7. The highest BCUT2D eigenvalue weighted by atomic mass is 33.1. The first-order chi connectivity index (χ1) is 14.5. The van der Waals surface area contributed by atoms with Gasteiger partial charge < -0.3 is 32.1 Å². The monoisotopic (exact) mass is 462 g/mol. The highest BCUT2D eigenvalue weighted by molar-refractivity contribution is 8.76. The van der Waals surface area contributed by atoms with E-state index in [0.29, 0.717) is 58.8 Å². The molecule has 2 heterocycles. The molecule has 2 aliphatic rings. The molecule has 10 nitrogen and oxygen atoms in total. The summed E-state index contributed by atoms with van der Waals surface area (Å²) < 4.78 is 0. The summed E-state index contributed by atoms with van der Waals surface area (Å²) in [5.41, 5.74) is 10.8. The van der Waals surface area contributed by atoms with E-state index in [1.165, 1.54) is 0 Å². The minimum atomic E-state index is -0.589. The third kappa shape index (κ3) is 7.89. The van der Waals surface area contributed by atoms with Crippen LogP contribution in [0.1, 0.15) is 12.8 Å². The van der Waals surface area contributed by atoms with Crippen molar-refractivity contribution in [2.75, 3.05) is 63.9 Å². The zero-order valence-corrected chi connectivity index (χ0v) is 18.9. The zero-order chi connectivity index (χ0) is 21.9. The quantitative estimate of drug-likeness (QED) is 0.154. The van der Waals surface area contributed by atoms with Gasteiger partial charge in [-0.05, 0) is 6.42 Å². The maximum atomic E-state index is 12.1. The number of rotatable bonds is 13. The maximum Gasteiger partial charge on any atom is 0.225 e. The van der Waals surface area contributed by atoms with Gasteiger partial charge in [0.05, 0.1) is 11.8 Å². The number of likely N-dealkylation sites (tertiary alicyclic amines) is 2. The van der Waals surface area contributed by atoms with Gasteiger partial charge in [0.15, 0.2) is 0 Å². The molecule has 0 aliphatic carbocycles. The van der Waals surface area contributed by atoms with E-state index in [-0.39, 0.29) is 36.0 Å². The molecule has 2 saturated heterocycles. The van der Waals surface area contributed by atoms with Gasteiger partial charge in [-0.3, -0.25) is 19.3 Å². The number of aliphatic hydroxyl groups excluding tert-OH is 1. The lowest BCUT2D eigenvalue weighted by atomic mass is 10.1. The predicted octanol–water partition coefficient (Wildman–Crippen LogP) is -1.99. The van der Waals surface area contributed by atoms with Crippen molar-refractivity contribution in [1.29, 1.82) is 0 Å². The van der Waals surface area contributed by atoms with Crippen LogP contribution in [-0.2, 0) is 14.4 Å². The Morgan fingerprint density at radius 2 is 1.60 bits per heavy atom. The second-order valence-corrected chi connectivity index (χ2v) is 10.2. The molecular weight excluding hydrogens is 428 g/mol. The van der Waals surface area contributed by atoms with Crippen molar-refractivity contribution in [1.82, 2.24) is 20.4 Å². The highest BCUT2D eigenvalue weighted by Crippen LogP contribution is 2.26. The van der Waals surface area contributed by atoms with Crippen LogP contribution in [0.15, 0.2) is 0 Å². The molecular formula is C18H34N6O4S2. The molecule has 30 heavy (non-hydrogen) atoms. The first-order valence-electron chi connectivity index (χ1n) is 10.4. The minimum Gasteiger partial charge on any atom is -0.378 e. The SMILES string of the molecule is NCCNC(=O)C1CC(=O)N(CCSSCCN2CC(C(=O)NCCN)CC2O)C1. The predicted molar refractivity (Wildman–Crippen MR) is 119 cm³/mol. The number of hydrogen-bond acceptors (Lipinski definition) is 9. The molecule has 7 N–H and O–H groups in total. The largest absolute Gasteiger partial charge is 0.378 e. The van der Waals surface area contributed by atoms with E-state index in [4.69, 9.17) is 11.5 Å². The van der Waals surface area contributed by atoms with Crippen LogP contribution in [0.25, 0.3) is 0 Å². The number of hydrogen-bond donors (Lipinski definition) is 5. The molecule has 0 spiro atoms. The van der Waals surface area contributed by atoms with Crippen LogP contribution in [0.3, 0.4) is 0 Å². The fraction of sp³-hybridized carbons (Fsp3) is 0.833. The fourth-order valence-corrected chi connectivity index (χ4v) is 5.57. The van der Waals surface area contributed by atoms with Gasteiger partial charge in [0.2, 0.25) is 17.7 Å². The minimum absolute atomic E-state index is 0.0210. The van der Waals surface area contributed by atoms with Crippen molar-refractivity contribution in [2.24, 2.45) is 23.3 Å². The molecule has 2 fully saturated rings. The first kappa shape index (κ1) is 25.2. The van der Waals surface area contributed by atoms with Crippen LogP contribution in [0.2, 0.25) is 0 Å². The summed E-state index contributed by atoms with van der Waals surface area (Å²) in [6.45, 7) is 4.02. The van der Waals surface area contributed by atoms with Crippen LogP contribution in [0, 0.1) is 11.8 Å². The van der Waals surface area contributed by atoms with Crippen molar-refractivity contribution in [3.8, 4) is 0 Å². The molecule has 2 rings (SSSR count). The van der Waals surface area contributed by atoms with Crippen molar-refractivity contribution >= 4 is 39.3 Å². The molecule has 3 unspecified atom stereocenters. The van der Waals surface area contributed by atoms with Crippen molar-refractivity contribution in [3.05, 3.63) is 0 Å². The van der Waals surface area contributed by atoms with Crippen LogP contribution < -0.4 is 22.1 Å². The fourth-order valence-electron chi connectivity index (χ4n) is 3.58. The van der Waals surface area contributed by atoms with E-state index < -0.39 is 6.23 Å². The first-order valence-corrected chi connectivity index (χ1v) is 12.8. The van der Waals surface area contributed by atoms with Crippen molar-refractivity contribution in [3.63, 3.8) is 0 Å². The summed E-state index contributed by atoms with van der Waals surface area (Å²) in [6, 6.07) is 0. The second-order valence-electron chi connectivity index (χ2n) is 7.45. The molecule has 0 aromatic heterocycles. The standard InChI is InChI=1S/C18H34N6O4S2/c19-1-3-21-17(27)13-9-15(25)23(11-13)5-7-29-30-8-6-24-12-14(10-16(24)26)18(28)22-4-2-20/h13-15,25H,1-12,19-20H2,(H,21,27)(H,22,28). The van der Waals surface area contributed by atoms with E-state index in [2.05, 4.69) is 10.6 Å².